The fraction of sp³-hybridized carbons (Fsp3) is 0.417. The Bertz CT molecular complexity index is 428. The molecular formula is C12H13FN2O. The Morgan fingerprint density at radius 2 is 2.38 bits per heavy atom. The molecule has 84 valence electrons. The molecule has 0 aromatic heterocycles. The van der Waals surface area contributed by atoms with Crippen molar-refractivity contribution in [3.05, 3.63) is 29.6 Å². The number of aliphatic hydroxyl groups excluding tert-OH is 1. The molecule has 1 N–H and O–H groups in total. The Morgan fingerprint density at radius 1 is 1.56 bits per heavy atom. The molecule has 1 aliphatic rings. The molecule has 16 heavy (non-hydrogen) atoms. The molecule has 4 heteroatoms. The van der Waals surface area contributed by atoms with Gasteiger partial charge in [0.05, 0.1) is 30.0 Å². The second-order valence-electron chi connectivity index (χ2n) is 3.95. The van der Waals surface area contributed by atoms with Gasteiger partial charge >= 0.3 is 0 Å². The zero-order chi connectivity index (χ0) is 11.5. The molecule has 2 rings (SSSR count). The topological polar surface area (TPSA) is 47.3 Å². The van der Waals surface area contributed by atoms with E-state index in [2.05, 4.69) is 0 Å². The number of hydrogen-bond donors (Lipinski definition) is 1. The molecule has 1 saturated heterocycles. The van der Waals surface area contributed by atoms with Gasteiger partial charge in [-0.3, -0.25) is 0 Å². The Hall–Kier alpha value is -1.60. The lowest BCUT2D eigenvalue weighted by Crippen LogP contribution is -2.32. The Labute approximate surface area is 93.7 Å². The normalized spacial score (nSPS) is 19.8. The van der Waals surface area contributed by atoms with Gasteiger partial charge in [0, 0.05) is 6.54 Å². The highest BCUT2D eigenvalue weighted by atomic mass is 19.1. The Morgan fingerprint density at radius 3 is 3.00 bits per heavy atom. The van der Waals surface area contributed by atoms with E-state index in [1.54, 1.807) is 12.1 Å². The number of aliphatic hydroxyl groups is 1. The zero-order valence-electron chi connectivity index (χ0n) is 8.86. The first-order valence-corrected chi connectivity index (χ1v) is 5.33. The molecular weight excluding hydrogens is 207 g/mol. The number of nitrogens with zero attached hydrogens (tertiary/aromatic N) is 2. The van der Waals surface area contributed by atoms with Crippen molar-refractivity contribution in [2.24, 2.45) is 0 Å². The molecule has 0 amide bonds. The molecule has 1 heterocycles. The van der Waals surface area contributed by atoms with Crippen LogP contribution < -0.4 is 4.90 Å². The third kappa shape index (κ3) is 1.86. The monoisotopic (exact) mass is 220 g/mol. The van der Waals surface area contributed by atoms with Crippen molar-refractivity contribution in [2.45, 2.75) is 18.9 Å². The fourth-order valence-electron chi connectivity index (χ4n) is 2.15. The minimum Gasteiger partial charge on any atom is -0.394 e. The van der Waals surface area contributed by atoms with Crippen LogP contribution in [0.15, 0.2) is 18.2 Å². The first-order chi connectivity index (χ1) is 7.76. The molecule has 0 bridgehead atoms. The molecule has 0 radical (unpaired) electrons. The van der Waals surface area contributed by atoms with Gasteiger partial charge in [-0.25, -0.2) is 4.39 Å². The molecule has 1 aromatic rings. The summed E-state index contributed by atoms with van der Waals surface area (Å²) in [5.74, 6) is -0.389. The Balaban J connectivity index is 2.30. The average Bonchev–Trinajstić information content (AvgIpc) is 2.76. The van der Waals surface area contributed by atoms with E-state index in [9.17, 15) is 9.50 Å². The lowest BCUT2D eigenvalue weighted by Gasteiger charge is -2.25. The molecule has 1 aromatic carbocycles. The number of halogens is 1. The summed E-state index contributed by atoms with van der Waals surface area (Å²) in [6, 6.07) is 6.36. The van der Waals surface area contributed by atoms with Crippen LogP contribution in [0.4, 0.5) is 10.1 Å². The van der Waals surface area contributed by atoms with Crippen LogP contribution in [0.25, 0.3) is 0 Å². The molecule has 0 unspecified atom stereocenters. The van der Waals surface area contributed by atoms with E-state index in [0.29, 0.717) is 11.3 Å². The van der Waals surface area contributed by atoms with Gasteiger partial charge in [-0.15, -0.1) is 0 Å². The van der Waals surface area contributed by atoms with E-state index >= 15 is 0 Å². The van der Waals surface area contributed by atoms with Gasteiger partial charge in [0.1, 0.15) is 5.82 Å². The lowest BCUT2D eigenvalue weighted by molar-refractivity contribution is 0.266. The van der Waals surface area contributed by atoms with Crippen molar-refractivity contribution < 1.29 is 9.50 Å². The van der Waals surface area contributed by atoms with Crippen molar-refractivity contribution in [1.82, 2.24) is 0 Å². The maximum Gasteiger partial charge on any atom is 0.147 e. The molecule has 1 aliphatic heterocycles. The summed E-state index contributed by atoms with van der Waals surface area (Å²) in [7, 11) is 0. The summed E-state index contributed by atoms with van der Waals surface area (Å²) >= 11 is 0. The van der Waals surface area contributed by atoms with Gasteiger partial charge in [-0.2, -0.15) is 5.26 Å². The predicted octanol–water partition coefficient (Wildman–Crippen LogP) is 1.66. The first-order valence-electron chi connectivity index (χ1n) is 5.33. The lowest BCUT2D eigenvalue weighted by atomic mass is 10.1. The highest BCUT2D eigenvalue weighted by Gasteiger charge is 2.25. The summed E-state index contributed by atoms with van der Waals surface area (Å²) in [5.41, 5.74) is 0.802. The molecule has 3 nitrogen and oxygen atoms in total. The molecule has 0 spiro atoms. The van der Waals surface area contributed by atoms with Crippen molar-refractivity contribution in [3.63, 3.8) is 0 Å². The number of nitriles is 1. The second-order valence-corrected chi connectivity index (χ2v) is 3.95. The van der Waals surface area contributed by atoms with Crippen molar-refractivity contribution in [2.75, 3.05) is 18.1 Å². The van der Waals surface area contributed by atoms with Crippen molar-refractivity contribution in [1.29, 1.82) is 5.26 Å². The summed E-state index contributed by atoms with van der Waals surface area (Å²) < 4.78 is 13.7. The Kier molecular flexibility index (Phi) is 3.07. The molecule has 0 aliphatic carbocycles. The predicted molar refractivity (Wildman–Crippen MR) is 58.6 cm³/mol. The van der Waals surface area contributed by atoms with Gasteiger partial charge in [0.25, 0.3) is 0 Å². The van der Waals surface area contributed by atoms with Gasteiger partial charge < -0.3 is 10.0 Å². The van der Waals surface area contributed by atoms with Crippen LogP contribution in [-0.2, 0) is 0 Å². The van der Waals surface area contributed by atoms with E-state index in [1.807, 2.05) is 11.0 Å². The van der Waals surface area contributed by atoms with Crippen LogP contribution in [0.1, 0.15) is 18.4 Å². The van der Waals surface area contributed by atoms with E-state index < -0.39 is 0 Å². The van der Waals surface area contributed by atoms with Crippen LogP contribution in [0.5, 0.6) is 0 Å². The maximum atomic E-state index is 13.7. The third-order valence-electron chi connectivity index (χ3n) is 2.97. The van der Waals surface area contributed by atoms with Gasteiger partial charge in [-0.05, 0) is 31.0 Å². The van der Waals surface area contributed by atoms with Crippen molar-refractivity contribution >= 4 is 5.69 Å². The fourth-order valence-corrected chi connectivity index (χ4v) is 2.15. The second kappa shape index (κ2) is 4.50. The van der Waals surface area contributed by atoms with E-state index in [4.69, 9.17) is 5.26 Å². The van der Waals surface area contributed by atoms with Crippen LogP contribution in [0.3, 0.4) is 0 Å². The standard InChI is InChI=1S/C12H13FN2O/c13-11-6-9(7-14)3-4-12(11)15-5-1-2-10(15)8-16/h3-4,6,10,16H,1-2,5,8H2/t10-/m1/s1. The highest BCUT2D eigenvalue weighted by molar-refractivity contribution is 5.52. The third-order valence-corrected chi connectivity index (χ3v) is 2.97. The summed E-state index contributed by atoms with van der Waals surface area (Å²) in [6.07, 6.45) is 1.85. The summed E-state index contributed by atoms with van der Waals surface area (Å²) in [5, 5.41) is 17.8. The molecule has 0 saturated carbocycles. The highest BCUT2D eigenvalue weighted by Crippen LogP contribution is 2.28. The smallest absolute Gasteiger partial charge is 0.147 e. The number of anilines is 1. The van der Waals surface area contributed by atoms with E-state index in [1.165, 1.54) is 6.07 Å². The largest absolute Gasteiger partial charge is 0.394 e. The maximum absolute atomic E-state index is 13.7. The van der Waals surface area contributed by atoms with E-state index in [-0.39, 0.29) is 18.5 Å². The minimum absolute atomic E-state index is 0.00226. The SMILES string of the molecule is N#Cc1ccc(N2CCC[C@@H]2CO)c(F)c1. The summed E-state index contributed by atoms with van der Waals surface area (Å²) in [4.78, 5) is 1.87. The average molecular weight is 220 g/mol. The first kappa shape index (κ1) is 10.9. The number of benzene rings is 1. The zero-order valence-corrected chi connectivity index (χ0v) is 8.86. The van der Waals surface area contributed by atoms with Crippen LogP contribution in [0.2, 0.25) is 0 Å². The number of rotatable bonds is 2. The molecule has 1 atom stereocenters. The van der Waals surface area contributed by atoms with Crippen molar-refractivity contribution in [3.8, 4) is 6.07 Å². The van der Waals surface area contributed by atoms with Crippen LogP contribution in [0, 0.1) is 17.1 Å². The van der Waals surface area contributed by atoms with Gasteiger partial charge in [0.15, 0.2) is 0 Å². The van der Waals surface area contributed by atoms with E-state index in [0.717, 1.165) is 19.4 Å². The van der Waals surface area contributed by atoms with Gasteiger partial charge in [-0.1, -0.05) is 0 Å². The van der Waals surface area contributed by atoms with Crippen LogP contribution >= 0.6 is 0 Å². The van der Waals surface area contributed by atoms with Gasteiger partial charge in [0.2, 0.25) is 0 Å². The van der Waals surface area contributed by atoms with Crippen LogP contribution in [-0.4, -0.2) is 24.3 Å². The quantitative estimate of drug-likeness (QED) is 0.824. The molecule has 1 fully saturated rings. The number of hydrogen-bond acceptors (Lipinski definition) is 3. The minimum atomic E-state index is -0.389. The summed E-state index contributed by atoms with van der Waals surface area (Å²) in [6.45, 7) is 0.799.